The minimum Gasteiger partial charge on any atom is -0.374 e. The summed E-state index contributed by atoms with van der Waals surface area (Å²) in [6.45, 7) is 8.79. The molecule has 2 unspecified atom stereocenters. The Morgan fingerprint density at radius 3 is 2.63 bits per heavy atom. The molecule has 0 saturated heterocycles. The number of rotatable bonds is 6. The first kappa shape index (κ1) is 14.9. The number of anilines is 1. The van der Waals surface area contributed by atoms with Crippen molar-refractivity contribution in [2.75, 3.05) is 18.5 Å². The molecule has 0 aliphatic heterocycles. The monoisotopic (exact) mass is 324 g/mol. The lowest BCUT2D eigenvalue weighted by Crippen LogP contribution is -2.23. The zero-order valence-electron chi connectivity index (χ0n) is 12.4. The van der Waals surface area contributed by atoms with Crippen LogP contribution in [0.2, 0.25) is 0 Å². The van der Waals surface area contributed by atoms with Gasteiger partial charge in [0.1, 0.15) is 0 Å². The van der Waals surface area contributed by atoms with Gasteiger partial charge in [0.2, 0.25) is 0 Å². The number of hydrogen-bond donors (Lipinski definition) is 1. The van der Waals surface area contributed by atoms with E-state index in [1.807, 2.05) is 0 Å². The van der Waals surface area contributed by atoms with Crippen LogP contribution < -0.4 is 10.2 Å². The zero-order chi connectivity index (χ0) is 14.0. The molecule has 1 saturated carbocycles. The van der Waals surface area contributed by atoms with Crippen molar-refractivity contribution in [3.05, 3.63) is 28.2 Å². The van der Waals surface area contributed by atoms with E-state index in [0.717, 1.165) is 18.4 Å². The molecule has 1 aromatic carbocycles. The molecule has 3 heteroatoms. The quantitative estimate of drug-likeness (QED) is 0.849. The Balaban J connectivity index is 1.97. The van der Waals surface area contributed by atoms with Gasteiger partial charge in [-0.15, -0.1) is 0 Å². The lowest BCUT2D eigenvalue weighted by Gasteiger charge is -2.20. The standard InChI is InChI=1S/C16H25BrN2/c1-11(2)18-9-13-5-6-15(8-16(13)17)19(4)10-14-7-12(14)3/h5-6,8,11-12,14,18H,7,9-10H2,1-4H3. The Morgan fingerprint density at radius 2 is 2.11 bits per heavy atom. The van der Waals surface area contributed by atoms with Crippen LogP contribution >= 0.6 is 15.9 Å². The number of hydrogen-bond acceptors (Lipinski definition) is 2. The van der Waals surface area contributed by atoms with E-state index >= 15 is 0 Å². The van der Waals surface area contributed by atoms with Crippen molar-refractivity contribution in [2.45, 2.75) is 39.8 Å². The molecule has 0 bridgehead atoms. The summed E-state index contributed by atoms with van der Waals surface area (Å²) in [7, 11) is 2.19. The van der Waals surface area contributed by atoms with E-state index in [1.165, 1.54) is 28.7 Å². The maximum Gasteiger partial charge on any atom is 0.0375 e. The molecule has 1 aliphatic carbocycles. The SMILES string of the molecule is CC(C)NCc1ccc(N(C)CC2CC2C)cc1Br. The van der Waals surface area contributed by atoms with Crippen LogP contribution in [0, 0.1) is 11.8 Å². The highest BCUT2D eigenvalue weighted by atomic mass is 79.9. The Labute approximate surface area is 125 Å². The molecule has 19 heavy (non-hydrogen) atoms. The summed E-state index contributed by atoms with van der Waals surface area (Å²) >= 11 is 3.69. The smallest absolute Gasteiger partial charge is 0.0375 e. The fraction of sp³-hybridized carbons (Fsp3) is 0.625. The average Bonchev–Trinajstić information content (AvgIpc) is 3.03. The molecule has 2 nitrogen and oxygen atoms in total. The number of halogens is 1. The summed E-state index contributed by atoms with van der Waals surface area (Å²) in [5.74, 6) is 1.81. The summed E-state index contributed by atoms with van der Waals surface area (Å²) in [5, 5.41) is 3.46. The second-order valence-electron chi connectivity index (χ2n) is 6.16. The Hall–Kier alpha value is -0.540. The summed E-state index contributed by atoms with van der Waals surface area (Å²) in [4.78, 5) is 2.37. The molecule has 0 heterocycles. The molecule has 1 N–H and O–H groups in total. The van der Waals surface area contributed by atoms with Crippen molar-refractivity contribution in [3.8, 4) is 0 Å². The molecule has 0 spiro atoms. The molecule has 106 valence electrons. The van der Waals surface area contributed by atoms with Crippen LogP contribution in [0.1, 0.15) is 32.8 Å². The van der Waals surface area contributed by atoms with Crippen LogP contribution in [-0.4, -0.2) is 19.6 Å². The number of benzene rings is 1. The molecule has 1 aromatic rings. The minimum atomic E-state index is 0.519. The third-order valence-electron chi connectivity index (χ3n) is 3.96. The molecule has 0 amide bonds. The first-order chi connectivity index (χ1) is 8.97. The van der Waals surface area contributed by atoms with Gasteiger partial charge in [-0.25, -0.2) is 0 Å². The van der Waals surface area contributed by atoms with Crippen LogP contribution in [0.4, 0.5) is 5.69 Å². The van der Waals surface area contributed by atoms with Gasteiger partial charge in [0, 0.05) is 36.3 Å². The topological polar surface area (TPSA) is 15.3 Å². The van der Waals surface area contributed by atoms with E-state index in [9.17, 15) is 0 Å². The van der Waals surface area contributed by atoms with E-state index in [-0.39, 0.29) is 0 Å². The second kappa shape index (κ2) is 6.27. The fourth-order valence-electron chi connectivity index (χ4n) is 2.34. The van der Waals surface area contributed by atoms with Crippen LogP contribution in [-0.2, 0) is 6.54 Å². The van der Waals surface area contributed by atoms with Crippen molar-refractivity contribution >= 4 is 21.6 Å². The van der Waals surface area contributed by atoms with Gasteiger partial charge < -0.3 is 10.2 Å². The van der Waals surface area contributed by atoms with Gasteiger partial charge in [0.15, 0.2) is 0 Å². The summed E-state index contributed by atoms with van der Waals surface area (Å²) in [6, 6.07) is 7.21. The maximum atomic E-state index is 3.69. The predicted octanol–water partition coefficient (Wildman–Crippen LogP) is 4.04. The summed E-state index contributed by atoms with van der Waals surface area (Å²) < 4.78 is 1.20. The zero-order valence-corrected chi connectivity index (χ0v) is 14.0. The van der Waals surface area contributed by atoms with E-state index in [4.69, 9.17) is 0 Å². The van der Waals surface area contributed by atoms with Gasteiger partial charge in [-0.3, -0.25) is 0 Å². The van der Waals surface area contributed by atoms with E-state index in [1.54, 1.807) is 0 Å². The molecule has 0 radical (unpaired) electrons. The van der Waals surface area contributed by atoms with Gasteiger partial charge >= 0.3 is 0 Å². The summed E-state index contributed by atoms with van der Waals surface area (Å²) in [5.41, 5.74) is 2.63. The van der Waals surface area contributed by atoms with Gasteiger partial charge in [-0.1, -0.05) is 42.8 Å². The third kappa shape index (κ3) is 4.22. The minimum absolute atomic E-state index is 0.519. The summed E-state index contributed by atoms with van der Waals surface area (Å²) in [6.07, 6.45) is 1.39. The lowest BCUT2D eigenvalue weighted by atomic mass is 10.2. The van der Waals surface area contributed by atoms with Gasteiger partial charge in [-0.05, 0) is 36.0 Å². The largest absolute Gasteiger partial charge is 0.374 e. The molecule has 2 atom stereocenters. The van der Waals surface area contributed by atoms with E-state index < -0.39 is 0 Å². The first-order valence-electron chi connectivity index (χ1n) is 7.20. The fourth-order valence-corrected chi connectivity index (χ4v) is 2.85. The van der Waals surface area contributed by atoms with Crippen molar-refractivity contribution in [2.24, 2.45) is 11.8 Å². The van der Waals surface area contributed by atoms with Crippen molar-refractivity contribution in [1.82, 2.24) is 5.32 Å². The van der Waals surface area contributed by atoms with Crippen molar-refractivity contribution in [3.63, 3.8) is 0 Å². The lowest BCUT2D eigenvalue weighted by molar-refractivity contribution is 0.588. The van der Waals surface area contributed by atoms with Crippen LogP contribution in [0.15, 0.2) is 22.7 Å². The van der Waals surface area contributed by atoms with Crippen LogP contribution in [0.3, 0.4) is 0 Å². The second-order valence-corrected chi connectivity index (χ2v) is 7.02. The Bertz CT molecular complexity index is 431. The predicted molar refractivity (Wildman–Crippen MR) is 86.7 cm³/mol. The number of nitrogens with zero attached hydrogens (tertiary/aromatic N) is 1. The highest BCUT2D eigenvalue weighted by Crippen LogP contribution is 2.39. The molecule has 1 aliphatic rings. The Kier molecular flexibility index (Phi) is 4.91. The van der Waals surface area contributed by atoms with E-state index in [0.29, 0.717) is 6.04 Å². The molecule has 0 aromatic heterocycles. The van der Waals surface area contributed by atoms with Crippen LogP contribution in [0.25, 0.3) is 0 Å². The van der Waals surface area contributed by atoms with E-state index in [2.05, 4.69) is 72.2 Å². The van der Waals surface area contributed by atoms with Crippen molar-refractivity contribution < 1.29 is 0 Å². The van der Waals surface area contributed by atoms with Crippen molar-refractivity contribution in [1.29, 1.82) is 0 Å². The molecular formula is C16H25BrN2. The highest BCUT2D eigenvalue weighted by Gasteiger charge is 2.33. The van der Waals surface area contributed by atoms with Gasteiger partial charge in [0.05, 0.1) is 0 Å². The highest BCUT2D eigenvalue weighted by molar-refractivity contribution is 9.10. The Morgan fingerprint density at radius 1 is 1.42 bits per heavy atom. The van der Waals surface area contributed by atoms with Crippen LogP contribution in [0.5, 0.6) is 0 Å². The maximum absolute atomic E-state index is 3.69. The average molecular weight is 325 g/mol. The normalized spacial score (nSPS) is 21.8. The first-order valence-corrected chi connectivity index (χ1v) is 7.99. The number of nitrogens with one attached hydrogen (secondary N) is 1. The molecule has 1 fully saturated rings. The third-order valence-corrected chi connectivity index (χ3v) is 4.70. The molecule has 2 rings (SSSR count). The van der Waals surface area contributed by atoms with Gasteiger partial charge in [0.25, 0.3) is 0 Å². The molecular weight excluding hydrogens is 300 g/mol. The van der Waals surface area contributed by atoms with Gasteiger partial charge in [-0.2, -0.15) is 0 Å².